The number of likely N-dealkylation sites (tertiary alicyclic amines) is 1. The highest BCUT2D eigenvalue weighted by molar-refractivity contribution is 5.74. The van der Waals surface area contributed by atoms with Gasteiger partial charge >= 0.3 is 6.03 Å². The van der Waals surface area contributed by atoms with Crippen LogP contribution in [0.1, 0.15) is 18.9 Å². The van der Waals surface area contributed by atoms with Crippen molar-refractivity contribution < 1.29 is 4.79 Å². The van der Waals surface area contributed by atoms with Gasteiger partial charge in [0.2, 0.25) is 0 Å². The molecule has 1 aromatic rings. The molecule has 1 saturated heterocycles. The van der Waals surface area contributed by atoms with Crippen LogP contribution in [-0.4, -0.2) is 48.6 Å². The highest BCUT2D eigenvalue weighted by atomic mass is 16.2. The molecule has 1 fully saturated rings. The molecule has 22 heavy (non-hydrogen) atoms. The highest BCUT2D eigenvalue weighted by Crippen LogP contribution is 2.22. The summed E-state index contributed by atoms with van der Waals surface area (Å²) in [7, 11) is 1.86. The van der Waals surface area contributed by atoms with Crippen molar-refractivity contribution in [1.29, 1.82) is 0 Å². The van der Waals surface area contributed by atoms with Crippen LogP contribution < -0.4 is 5.32 Å². The molecular weight excluding hydrogens is 274 g/mol. The molecule has 118 valence electrons. The van der Waals surface area contributed by atoms with Crippen LogP contribution in [0, 0.1) is 18.3 Å². The normalized spacial score (nSPS) is 21.9. The topological polar surface area (TPSA) is 35.6 Å². The zero-order valence-corrected chi connectivity index (χ0v) is 13.5. The minimum Gasteiger partial charge on any atom is -0.327 e. The first kappa shape index (κ1) is 16.4. The second kappa shape index (κ2) is 7.86. The number of nitrogens with zero attached hydrogens (tertiary/aromatic N) is 2. The van der Waals surface area contributed by atoms with Crippen molar-refractivity contribution in [3.05, 3.63) is 35.9 Å². The summed E-state index contributed by atoms with van der Waals surface area (Å²) in [6.45, 7) is 5.49. The minimum atomic E-state index is -0.0775. The fourth-order valence-electron chi connectivity index (χ4n) is 3.18. The van der Waals surface area contributed by atoms with Gasteiger partial charge in [0.25, 0.3) is 0 Å². The Bertz CT molecular complexity index is 523. The Balaban J connectivity index is 1.87. The maximum absolute atomic E-state index is 12.0. The van der Waals surface area contributed by atoms with Crippen LogP contribution in [0.25, 0.3) is 0 Å². The fraction of sp³-hybridized carbons (Fsp3) is 0.500. The molecule has 4 nitrogen and oxygen atoms in total. The predicted molar refractivity (Wildman–Crippen MR) is 89.3 cm³/mol. The summed E-state index contributed by atoms with van der Waals surface area (Å²) in [5.41, 5.74) is 1.34. The SMILES string of the molecule is C#CCNC(=O)N(C)[C@H]1CCN(Cc2ccccc2)C[C@H]1C. The number of hydrogen-bond acceptors (Lipinski definition) is 2. The molecule has 1 N–H and O–H groups in total. The zero-order valence-electron chi connectivity index (χ0n) is 13.5. The van der Waals surface area contributed by atoms with Crippen molar-refractivity contribution in [1.82, 2.24) is 15.1 Å². The first-order valence-electron chi connectivity index (χ1n) is 7.82. The minimum absolute atomic E-state index is 0.0775. The third-order valence-electron chi connectivity index (χ3n) is 4.35. The van der Waals surface area contributed by atoms with E-state index >= 15 is 0 Å². The lowest BCUT2D eigenvalue weighted by molar-refractivity contribution is 0.0895. The number of nitrogens with one attached hydrogen (secondary N) is 1. The Morgan fingerprint density at radius 1 is 1.45 bits per heavy atom. The van der Waals surface area contributed by atoms with Crippen molar-refractivity contribution in [2.45, 2.75) is 25.9 Å². The Morgan fingerprint density at radius 3 is 2.82 bits per heavy atom. The second-order valence-corrected chi connectivity index (χ2v) is 6.03. The summed E-state index contributed by atoms with van der Waals surface area (Å²) < 4.78 is 0. The van der Waals surface area contributed by atoms with Crippen LogP contribution in [0.5, 0.6) is 0 Å². The summed E-state index contributed by atoms with van der Waals surface area (Å²) >= 11 is 0. The summed E-state index contributed by atoms with van der Waals surface area (Å²) in [4.78, 5) is 16.3. The number of terminal acetylenes is 1. The van der Waals surface area contributed by atoms with E-state index in [1.807, 2.05) is 18.0 Å². The molecule has 1 aromatic carbocycles. The monoisotopic (exact) mass is 299 g/mol. The molecule has 0 aromatic heterocycles. The first-order valence-corrected chi connectivity index (χ1v) is 7.82. The fourth-order valence-corrected chi connectivity index (χ4v) is 3.18. The van der Waals surface area contributed by atoms with Gasteiger partial charge in [0.1, 0.15) is 0 Å². The van der Waals surface area contributed by atoms with Crippen LogP contribution in [0.2, 0.25) is 0 Å². The molecule has 0 radical (unpaired) electrons. The molecule has 1 aliphatic heterocycles. The summed E-state index contributed by atoms with van der Waals surface area (Å²) in [5.74, 6) is 2.88. The van der Waals surface area contributed by atoms with Gasteiger partial charge in [-0.1, -0.05) is 43.2 Å². The summed E-state index contributed by atoms with van der Waals surface area (Å²) in [5, 5.41) is 2.74. The molecule has 0 aliphatic carbocycles. The zero-order chi connectivity index (χ0) is 15.9. The predicted octanol–water partition coefficient (Wildman–Crippen LogP) is 2.17. The average Bonchev–Trinajstić information content (AvgIpc) is 2.53. The van der Waals surface area contributed by atoms with Gasteiger partial charge in [-0.3, -0.25) is 4.90 Å². The van der Waals surface area contributed by atoms with Gasteiger partial charge in [-0.25, -0.2) is 4.79 Å². The molecule has 1 aliphatic rings. The van der Waals surface area contributed by atoms with Gasteiger partial charge < -0.3 is 10.2 Å². The number of rotatable bonds is 4. The van der Waals surface area contributed by atoms with Crippen molar-refractivity contribution in [2.24, 2.45) is 5.92 Å². The Kier molecular flexibility index (Phi) is 5.85. The summed E-state index contributed by atoms with van der Waals surface area (Å²) in [6.07, 6.45) is 6.18. The van der Waals surface area contributed by atoms with Crippen molar-refractivity contribution >= 4 is 6.03 Å². The molecule has 2 atom stereocenters. The van der Waals surface area contributed by atoms with Crippen molar-refractivity contribution in [3.8, 4) is 12.3 Å². The number of piperidine rings is 1. The van der Waals surface area contributed by atoms with Crippen LogP contribution in [0.4, 0.5) is 4.79 Å². The number of urea groups is 1. The second-order valence-electron chi connectivity index (χ2n) is 6.03. The number of carbonyl (C=O) groups is 1. The molecule has 0 bridgehead atoms. The van der Waals surface area contributed by atoms with E-state index in [-0.39, 0.29) is 18.6 Å². The van der Waals surface area contributed by atoms with E-state index < -0.39 is 0 Å². The lowest BCUT2D eigenvalue weighted by Gasteiger charge is -2.41. The number of amides is 2. The van der Waals surface area contributed by atoms with Crippen LogP contribution in [0.15, 0.2) is 30.3 Å². The largest absolute Gasteiger partial charge is 0.327 e. The Hall–Kier alpha value is -1.99. The molecule has 0 unspecified atom stereocenters. The van der Waals surface area contributed by atoms with Gasteiger partial charge in [0.15, 0.2) is 0 Å². The molecule has 0 saturated carbocycles. The van der Waals surface area contributed by atoms with Gasteiger partial charge in [-0.2, -0.15) is 0 Å². The maximum Gasteiger partial charge on any atom is 0.318 e. The van der Waals surface area contributed by atoms with Gasteiger partial charge in [0.05, 0.1) is 6.54 Å². The van der Waals surface area contributed by atoms with Gasteiger partial charge in [-0.15, -0.1) is 6.42 Å². The molecule has 2 rings (SSSR count). The van der Waals surface area contributed by atoms with Crippen LogP contribution in [-0.2, 0) is 6.54 Å². The first-order chi connectivity index (χ1) is 10.6. The smallest absolute Gasteiger partial charge is 0.318 e. The van der Waals surface area contributed by atoms with E-state index in [2.05, 4.69) is 47.3 Å². The molecule has 0 spiro atoms. The highest BCUT2D eigenvalue weighted by Gasteiger charge is 2.30. The van der Waals surface area contributed by atoms with E-state index in [9.17, 15) is 4.79 Å². The van der Waals surface area contributed by atoms with Gasteiger partial charge in [-0.05, 0) is 17.9 Å². The lowest BCUT2D eigenvalue weighted by Crippen LogP contribution is -2.52. The quantitative estimate of drug-likeness (QED) is 0.865. The van der Waals surface area contributed by atoms with Crippen molar-refractivity contribution in [3.63, 3.8) is 0 Å². The van der Waals surface area contributed by atoms with Gasteiger partial charge in [0, 0.05) is 32.7 Å². The summed E-state index contributed by atoms with van der Waals surface area (Å²) in [6, 6.07) is 10.7. The third kappa shape index (κ3) is 4.25. The van der Waals surface area contributed by atoms with E-state index in [1.54, 1.807) is 0 Å². The van der Waals surface area contributed by atoms with Crippen LogP contribution >= 0.6 is 0 Å². The number of hydrogen-bond donors (Lipinski definition) is 1. The van der Waals surface area contributed by atoms with E-state index in [0.29, 0.717) is 5.92 Å². The van der Waals surface area contributed by atoms with Crippen molar-refractivity contribution in [2.75, 3.05) is 26.7 Å². The number of benzene rings is 1. The standard InChI is InChI=1S/C18H25N3O/c1-4-11-19-18(22)20(3)17-10-12-21(13-15(17)2)14-16-8-6-5-7-9-16/h1,5-9,15,17H,10-14H2,2-3H3,(H,19,22)/t15-,17+/m1/s1. The number of carbonyl (C=O) groups excluding carboxylic acids is 1. The maximum atomic E-state index is 12.0. The van der Waals surface area contributed by atoms with E-state index in [0.717, 1.165) is 26.1 Å². The lowest BCUT2D eigenvalue weighted by atomic mass is 9.92. The average molecular weight is 299 g/mol. The Labute approximate surface area is 133 Å². The Morgan fingerprint density at radius 2 is 2.18 bits per heavy atom. The molecule has 1 heterocycles. The molecule has 4 heteroatoms. The molecule has 2 amide bonds. The van der Waals surface area contributed by atoms with E-state index in [4.69, 9.17) is 6.42 Å². The van der Waals surface area contributed by atoms with E-state index in [1.165, 1.54) is 5.56 Å². The molecular formula is C18H25N3O. The van der Waals surface area contributed by atoms with Crippen LogP contribution in [0.3, 0.4) is 0 Å². The third-order valence-corrected chi connectivity index (χ3v) is 4.35.